The zero-order valence-corrected chi connectivity index (χ0v) is 14.2. The minimum absolute atomic E-state index is 0.747. The molecule has 0 spiro atoms. The molecule has 1 aliphatic rings. The van der Waals surface area contributed by atoms with E-state index in [0.29, 0.717) is 0 Å². The molecule has 5 heteroatoms. The van der Waals surface area contributed by atoms with Gasteiger partial charge >= 0.3 is 0 Å². The van der Waals surface area contributed by atoms with Crippen molar-refractivity contribution in [1.29, 1.82) is 0 Å². The molecule has 0 saturated carbocycles. The van der Waals surface area contributed by atoms with Crippen LogP contribution in [0.5, 0.6) is 0 Å². The highest BCUT2D eigenvalue weighted by Crippen LogP contribution is 2.31. The summed E-state index contributed by atoms with van der Waals surface area (Å²) in [7, 11) is 0. The van der Waals surface area contributed by atoms with Gasteiger partial charge in [0, 0.05) is 35.2 Å². The maximum Gasteiger partial charge on any atom is 0.141 e. The summed E-state index contributed by atoms with van der Waals surface area (Å²) < 4.78 is 2.20. The van der Waals surface area contributed by atoms with Crippen LogP contribution in [0, 0.1) is 6.92 Å². The van der Waals surface area contributed by atoms with Gasteiger partial charge in [0.1, 0.15) is 5.82 Å². The monoisotopic (exact) mass is 329 g/mol. The van der Waals surface area contributed by atoms with Gasteiger partial charge in [-0.25, -0.2) is 4.98 Å². The van der Waals surface area contributed by atoms with Crippen LogP contribution in [0.25, 0.3) is 22.3 Å². The number of nitrogens with zero attached hydrogens (tertiary/aromatic N) is 4. The van der Waals surface area contributed by atoms with Gasteiger partial charge in [0.05, 0.1) is 17.8 Å². The quantitative estimate of drug-likeness (QED) is 0.624. The largest absolute Gasteiger partial charge is 0.325 e. The molecule has 0 atom stereocenters. The topological polar surface area (TPSA) is 59.4 Å². The van der Waals surface area contributed by atoms with Gasteiger partial charge in [-0.05, 0) is 49.4 Å². The van der Waals surface area contributed by atoms with Crippen LogP contribution >= 0.6 is 0 Å². The number of rotatable bonds is 3. The van der Waals surface area contributed by atoms with E-state index in [0.717, 1.165) is 47.4 Å². The number of aromatic nitrogens is 5. The Kier molecular flexibility index (Phi) is 3.20. The first-order valence-corrected chi connectivity index (χ1v) is 8.72. The number of pyridine rings is 1. The molecule has 0 radical (unpaired) electrons. The molecule has 0 unspecified atom stereocenters. The number of benzene rings is 1. The van der Waals surface area contributed by atoms with E-state index in [2.05, 4.69) is 49.9 Å². The molecule has 1 aliphatic carbocycles. The van der Waals surface area contributed by atoms with Crippen molar-refractivity contribution in [1.82, 2.24) is 24.7 Å². The van der Waals surface area contributed by atoms with E-state index >= 15 is 0 Å². The Hall–Kier alpha value is -2.95. The fourth-order valence-electron chi connectivity index (χ4n) is 3.90. The lowest BCUT2D eigenvalue weighted by molar-refractivity contribution is 0.753. The Morgan fingerprint density at radius 3 is 3.04 bits per heavy atom. The molecule has 1 aromatic carbocycles. The number of aromatic amines is 1. The third kappa shape index (κ3) is 2.27. The Labute approximate surface area is 145 Å². The second-order valence-corrected chi connectivity index (χ2v) is 6.69. The summed E-state index contributed by atoms with van der Waals surface area (Å²) in [6.45, 7) is 2.88. The molecular formula is C20H19N5. The third-order valence-electron chi connectivity index (χ3n) is 5.14. The minimum atomic E-state index is 0.747. The van der Waals surface area contributed by atoms with E-state index in [1.165, 1.54) is 23.2 Å². The average Bonchev–Trinajstić information content (AvgIpc) is 3.34. The Morgan fingerprint density at radius 1 is 1.12 bits per heavy atom. The maximum atomic E-state index is 4.67. The smallest absolute Gasteiger partial charge is 0.141 e. The fourth-order valence-corrected chi connectivity index (χ4v) is 3.90. The SMILES string of the molecule is Cc1ccc2ncccc2c1-c1nccn1Cc1n[nH]c2c1CCC2. The lowest BCUT2D eigenvalue weighted by Crippen LogP contribution is -2.05. The highest BCUT2D eigenvalue weighted by atomic mass is 15.2. The molecule has 5 nitrogen and oxygen atoms in total. The lowest BCUT2D eigenvalue weighted by Gasteiger charge is -2.12. The number of hydrogen-bond donors (Lipinski definition) is 1. The van der Waals surface area contributed by atoms with Crippen molar-refractivity contribution in [3.05, 3.63) is 65.4 Å². The van der Waals surface area contributed by atoms with Crippen molar-refractivity contribution in [2.45, 2.75) is 32.7 Å². The van der Waals surface area contributed by atoms with Crippen LogP contribution in [0.4, 0.5) is 0 Å². The van der Waals surface area contributed by atoms with Crippen molar-refractivity contribution < 1.29 is 0 Å². The second kappa shape index (κ2) is 5.55. The molecule has 5 rings (SSSR count). The summed E-state index contributed by atoms with van der Waals surface area (Å²) in [4.78, 5) is 9.16. The predicted molar refractivity (Wildman–Crippen MR) is 97.4 cm³/mol. The summed E-state index contributed by atoms with van der Waals surface area (Å²) in [5.74, 6) is 0.978. The number of H-pyrrole nitrogens is 1. The van der Waals surface area contributed by atoms with Gasteiger partial charge in [0.2, 0.25) is 0 Å². The van der Waals surface area contributed by atoms with Crippen LogP contribution < -0.4 is 0 Å². The standard InChI is InChI=1S/C20H19N5/c1-13-7-8-16-15(5-3-9-21-16)19(13)20-22-10-11-25(20)12-18-14-4-2-6-17(14)23-24-18/h3,5,7-11H,2,4,6,12H2,1H3,(H,23,24). The molecule has 4 aromatic rings. The maximum absolute atomic E-state index is 4.67. The first-order chi connectivity index (χ1) is 12.3. The zero-order valence-electron chi connectivity index (χ0n) is 14.2. The Balaban J connectivity index is 1.63. The predicted octanol–water partition coefficient (Wildman–Crippen LogP) is 3.67. The van der Waals surface area contributed by atoms with Crippen LogP contribution in [0.3, 0.4) is 0 Å². The number of nitrogens with one attached hydrogen (secondary N) is 1. The molecule has 3 aromatic heterocycles. The van der Waals surface area contributed by atoms with Gasteiger partial charge < -0.3 is 4.57 Å². The molecule has 124 valence electrons. The fraction of sp³-hybridized carbons (Fsp3) is 0.250. The number of imidazole rings is 1. The number of aryl methyl sites for hydroxylation is 2. The van der Waals surface area contributed by atoms with Crippen LogP contribution in [-0.2, 0) is 19.4 Å². The summed E-state index contributed by atoms with van der Waals surface area (Å²) in [5.41, 5.74) is 7.21. The molecule has 3 heterocycles. The van der Waals surface area contributed by atoms with Gasteiger partial charge in [-0.3, -0.25) is 10.1 Å². The van der Waals surface area contributed by atoms with Crippen LogP contribution in [0.1, 0.15) is 28.9 Å². The Morgan fingerprint density at radius 2 is 2.08 bits per heavy atom. The van der Waals surface area contributed by atoms with E-state index in [9.17, 15) is 0 Å². The van der Waals surface area contributed by atoms with Crippen molar-refractivity contribution in [3.63, 3.8) is 0 Å². The van der Waals surface area contributed by atoms with Crippen molar-refractivity contribution in [2.75, 3.05) is 0 Å². The molecule has 0 amide bonds. The van der Waals surface area contributed by atoms with Crippen LogP contribution in [-0.4, -0.2) is 24.7 Å². The first-order valence-electron chi connectivity index (χ1n) is 8.72. The summed E-state index contributed by atoms with van der Waals surface area (Å²) in [6.07, 6.45) is 9.22. The highest BCUT2D eigenvalue weighted by Gasteiger charge is 2.20. The average molecular weight is 329 g/mol. The first kappa shape index (κ1) is 14.4. The minimum Gasteiger partial charge on any atom is -0.325 e. The normalized spacial score (nSPS) is 13.5. The van der Waals surface area contributed by atoms with E-state index in [1.54, 1.807) is 0 Å². The highest BCUT2D eigenvalue weighted by molar-refractivity contribution is 5.94. The molecule has 0 bridgehead atoms. The molecule has 0 aliphatic heterocycles. The number of hydrogen-bond acceptors (Lipinski definition) is 3. The van der Waals surface area contributed by atoms with Crippen LogP contribution in [0.15, 0.2) is 42.9 Å². The molecule has 25 heavy (non-hydrogen) atoms. The summed E-state index contributed by atoms with van der Waals surface area (Å²) in [6, 6.07) is 8.30. The van der Waals surface area contributed by atoms with Gasteiger partial charge in [-0.15, -0.1) is 0 Å². The van der Waals surface area contributed by atoms with Crippen molar-refractivity contribution >= 4 is 10.9 Å². The van der Waals surface area contributed by atoms with Gasteiger partial charge in [0.15, 0.2) is 0 Å². The van der Waals surface area contributed by atoms with E-state index in [1.807, 2.05) is 24.7 Å². The van der Waals surface area contributed by atoms with Gasteiger partial charge in [-0.1, -0.05) is 12.1 Å². The molecule has 0 fully saturated rings. The summed E-state index contributed by atoms with van der Waals surface area (Å²) in [5, 5.41) is 8.89. The van der Waals surface area contributed by atoms with E-state index in [4.69, 9.17) is 0 Å². The summed E-state index contributed by atoms with van der Waals surface area (Å²) >= 11 is 0. The molecule has 1 N–H and O–H groups in total. The third-order valence-corrected chi connectivity index (χ3v) is 5.14. The second-order valence-electron chi connectivity index (χ2n) is 6.69. The Bertz CT molecular complexity index is 1070. The van der Waals surface area contributed by atoms with Crippen molar-refractivity contribution in [2.24, 2.45) is 0 Å². The molecule has 0 saturated heterocycles. The van der Waals surface area contributed by atoms with Gasteiger partial charge in [0.25, 0.3) is 0 Å². The molecular weight excluding hydrogens is 310 g/mol. The van der Waals surface area contributed by atoms with E-state index < -0.39 is 0 Å². The van der Waals surface area contributed by atoms with Crippen LogP contribution in [0.2, 0.25) is 0 Å². The number of fused-ring (bicyclic) bond motifs is 2. The van der Waals surface area contributed by atoms with E-state index in [-0.39, 0.29) is 0 Å². The van der Waals surface area contributed by atoms with Crippen molar-refractivity contribution in [3.8, 4) is 11.4 Å². The lowest BCUT2D eigenvalue weighted by atomic mass is 10.0. The zero-order chi connectivity index (χ0) is 16.8. The van der Waals surface area contributed by atoms with Gasteiger partial charge in [-0.2, -0.15) is 5.10 Å².